The fourth-order valence-electron chi connectivity index (χ4n) is 5.60. The Bertz CT molecular complexity index is 1340. The van der Waals surface area contributed by atoms with Crippen molar-refractivity contribution in [1.29, 1.82) is 0 Å². The summed E-state index contributed by atoms with van der Waals surface area (Å²) in [6.45, 7) is 1.61. The lowest BCUT2D eigenvalue weighted by molar-refractivity contribution is -0.141. The van der Waals surface area contributed by atoms with Gasteiger partial charge >= 0.3 is 6.18 Å². The van der Waals surface area contributed by atoms with Gasteiger partial charge in [0.05, 0.1) is 18.2 Å². The van der Waals surface area contributed by atoms with E-state index >= 15 is 0 Å². The van der Waals surface area contributed by atoms with E-state index in [2.05, 4.69) is 20.3 Å². The maximum absolute atomic E-state index is 13.8. The van der Waals surface area contributed by atoms with E-state index in [1.807, 2.05) is 24.3 Å². The summed E-state index contributed by atoms with van der Waals surface area (Å²) in [6.07, 6.45) is -1.80. The largest absolute Gasteiger partial charge is 0.435 e. The molecule has 1 saturated heterocycles. The highest BCUT2D eigenvalue weighted by Gasteiger charge is 2.51. The quantitative estimate of drug-likeness (QED) is 0.468. The highest BCUT2D eigenvalue weighted by Crippen LogP contribution is 2.48. The number of aliphatic hydroxyl groups excluding tert-OH is 1. The van der Waals surface area contributed by atoms with Crippen molar-refractivity contribution >= 4 is 11.7 Å². The summed E-state index contributed by atoms with van der Waals surface area (Å²) in [7, 11) is 0. The van der Waals surface area contributed by atoms with E-state index < -0.39 is 35.6 Å². The molecule has 2 fully saturated rings. The lowest BCUT2D eigenvalue weighted by Crippen LogP contribution is -2.32. The van der Waals surface area contributed by atoms with E-state index in [-0.39, 0.29) is 6.54 Å². The third kappa shape index (κ3) is 4.69. The molecule has 11 heteroatoms. The average Bonchev–Trinajstić information content (AvgIpc) is 3.15. The summed E-state index contributed by atoms with van der Waals surface area (Å²) in [5, 5.41) is 16.7. The SMILES string of the molecule is Nc1ccc2c(n1)CCC2NC(=O)c1cn(Cc2ccc(CN3CC4CC4C3O)cc2)nc1C(F)(F)F. The van der Waals surface area contributed by atoms with Crippen molar-refractivity contribution in [3.05, 3.63) is 76.2 Å². The molecule has 0 spiro atoms. The normalized spacial score (nSPS) is 24.6. The molecule has 4 N–H and O–H groups in total. The Hall–Kier alpha value is -3.44. The molecule has 37 heavy (non-hydrogen) atoms. The number of anilines is 1. The van der Waals surface area contributed by atoms with Gasteiger partial charge < -0.3 is 16.2 Å². The van der Waals surface area contributed by atoms with Gasteiger partial charge in [-0.05, 0) is 47.9 Å². The Balaban J connectivity index is 1.16. The maximum Gasteiger partial charge on any atom is 0.435 e. The Morgan fingerprint density at radius 2 is 1.86 bits per heavy atom. The van der Waals surface area contributed by atoms with Gasteiger partial charge in [0.2, 0.25) is 0 Å². The van der Waals surface area contributed by atoms with Crippen LogP contribution in [-0.4, -0.2) is 43.5 Å². The Morgan fingerprint density at radius 3 is 2.54 bits per heavy atom. The smallest absolute Gasteiger partial charge is 0.384 e. The predicted octanol–water partition coefficient (Wildman–Crippen LogP) is 3.11. The van der Waals surface area contributed by atoms with Crippen LogP contribution in [0.4, 0.5) is 19.0 Å². The van der Waals surface area contributed by atoms with E-state index in [1.165, 1.54) is 0 Å². The van der Waals surface area contributed by atoms with Crippen LogP contribution in [0.25, 0.3) is 0 Å². The second kappa shape index (κ2) is 8.84. The number of benzene rings is 1. The minimum atomic E-state index is -4.78. The molecule has 1 amide bonds. The first-order valence-corrected chi connectivity index (χ1v) is 12.4. The van der Waals surface area contributed by atoms with Gasteiger partial charge in [-0.2, -0.15) is 18.3 Å². The van der Waals surface area contributed by atoms with Crippen molar-refractivity contribution in [2.24, 2.45) is 11.8 Å². The number of hydrogen-bond donors (Lipinski definition) is 3. The average molecular weight is 513 g/mol. The molecule has 1 aliphatic heterocycles. The van der Waals surface area contributed by atoms with Crippen LogP contribution < -0.4 is 11.1 Å². The number of halogens is 3. The van der Waals surface area contributed by atoms with Crippen LogP contribution in [0.5, 0.6) is 0 Å². The van der Waals surface area contributed by atoms with Crippen molar-refractivity contribution in [1.82, 2.24) is 25.0 Å². The van der Waals surface area contributed by atoms with E-state index in [1.54, 1.807) is 12.1 Å². The van der Waals surface area contributed by atoms with Crippen LogP contribution in [0.3, 0.4) is 0 Å². The lowest BCUT2D eigenvalue weighted by atomic mass is 10.1. The summed E-state index contributed by atoms with van der Waals surface area (Å²) in [6, 6.07) is 10.4. The van der Waals surface area contributed by atoms with Gasteiger partial charge in [-0.15, -0.1) is 0 Å². The van der Waals surface area contributed by atoms with Gasteiger partial charge in [-0.1, -0.05) is 30.3 Å². The van der Waals surface area contributed by atoms with Gasteiger partial charge in [-0.3, -0.25) is 14.4 Å². The van der Waals surface area contributed by atoms with Gasteiger partial charge in [0.15, 0.2) is 5.69 Å². The number of piperidine rings is 1. The summed E-state index contributed by atoms with van der Waals surface area (Å²) >= 11 is 0. The van der Waals surface area contributed by atoms with Crippen LogP contribution in [0.1, 0.15) is 57.3 Å². The number of nitrogens with two attached hydrogens (primary N) is 1. The number of aryl methyl sites for hydroxylation is 1. The first kappa shape index (κ1) is 23.9. The molecule has 3 heterocycles. The van der Waals surface area contributed by atoms with Crippen LogP contribution in [0, 0.1) is 11.8 Å². The Kier molecular flexibility index (Phi) is 5.72. The maximum atomic E-state index is 13.8. The molecule has 1 aromatic carbocycles. The summed E-state index contributed by atoms with van der Waals surface area (Å²) < 4.78 is 42.4. The first-order chi connectivity index (χ1) is 17.7. The number of rotatable bonds is 6. The zero-order chi connectivity index (χ0) is 25.9. The topological polar surface area (TPSA) is 109 Å². The van der Waals surface area contributed by atoms with Gasteiger partial charge in [0.1, 0.15) is 12.0 Å². The van der Waals surface area contributed by atoms with Crippen LogP contribution in [-0.2, 0) is 25.7 Å². The number of aromatic nitrogens is 3. The molecule has 6 rings (SSSR count). The summed E-state index contributed by atoms with van der Waals surface area (Å²) in [4.78, 5) is 19.2. The number of likely N-dealkylation sites (tertiary alicyclic amines) is 1. The molecule has 4 unspecified atom stereocenters. The Morgan fingerprint density at radius 1 is 1.14 bits per heavy atom. The molecule has 194 valence electrons. The number of pyridine rings is 1. The molecular weight excluding hydrogens is 485 g/mol. The zero-order valence-corrected chi connectivity index (χ0v) is 19.9. The number of aliphatic hydroxyl groups is 1. The molecule has 0 radical (unpaired) electrons. The van der Waals surface area contributed by atoms with Crippen LogP contribution >= 0.6 is 0 Å². The third-order valence-corrected chi connectivity index (χ3v) is 7.61. The predicted molar refractivity (Wildman–Crippen MR) is 128 cm³/mol. The third-order valence-electron chi connectivity index (χ3n) is 7.61. The second-order valence-corrected chi connectivity index (χ2v) is 10.2. The molecule has 4 atom stereocenters. The summed E-state index contributed by atoms with van der Waals surface area (Å²) in [5.74, 6) is 0.532. The standard InChI is InChI=1S/C26H27F3N6O2/c27-26(28,29)23-19(24(36)32-21-7-6-20-17(21)5-8-22(30)31-20)13-35(33-23)11-15-3-1-14(2-4-15)10-34-12-16-9-18(16)25(34)37/h1-5,8,13,16,18,21,25,37H,6-7,9-12H2,(H2,30,31)(H,32,36). The number of hydrogen-bond acceptors (Lipinski definition) is 6. The van der Waals surface area contributed by atoms with Crippen molar-refractivity contribution in [3.8, 4) is 0 Å². The minimum Gasteiger partial charge on any atom is -0.384 e. The second-order valence-electron chi connectivity index (χ2n) is 10.2. The number of nitrogen functional groups attached to an aromatic ring is 1. The number of carbonyl (C=O) groups is 1. The fourth-order valence-corrected chi connectivity index (χ4v) is 5.60. The lowest BCUT2D eigenvalue weighted by Gasteiger charge is -2.22. The number of carbonyl (C=O) groups excluding carboxylic acids is 1. The molecule has 3 aromatic rings. The summed E-state index contributed by atoms with van der Waals surface area (Å²) in [5.41, 5.74) is 7.28. The van der Waals surface area contributed by atoms with E-state index in [9.17, 15) is 23.1 Å². The molecule has 2 aliphatic carbocycles. The van der Waals surface area contributed by atoms with Crippen molar-refractivity contribution < 1.29 is 23.1 Å². The number of fused-ring (bicyclic) bond motifs is 2. The van der Waals surface area contributed by atoms with Crippen molar-refractivity contribution in [2.75, 3.05) is 12.3 Å². The van der Waals surface area contributed by atoms with Crippen molar-refractivity contribution in [3.63, 3.8) is 0 Å². The van der Waals surface area contributed by atoms with Gasteiger partial charge in [0.25, 0.3) is 5.91 Å². The van der Waals surface area contributed by atoms with E-state index in [4.69, 9.17) is 5.73 Å². The fraction of sp³-hybridized carbons (Fsp3) is 0.423. The minimum absolute atomic E-state index is 0.0859. The highest BCUT2D eigenvalue weighted by molar-refractivity contribution is 5.95. The molecule has 1 saturated carbocycles. The number of amides is 1. The van der Waals surface area contributed by atoms with Gasteiger partial charge in [0, 0.05) is 30.9 Å². The molecular formula is C26H27F3N6O2. The molecule has 8 nitrogen and oxygen atoms in total. The zero-order valence-electron chi connectivity index (χ0n) is 19.9. The van der Waals surface area contributed by atoms with Crippen LogP contribution in [0.2, 0.25) is 0 Å². The van der Waals surface area contributed by atoms with Crippen molar-refractivity contribution in [2.45, 2.75) is 50.8 Å². The molecule has 2 aromatic heterocycles. The van der Waals surface area contributed by atoms with Gasteiger partial charge in [-0.25, -0.2) is 4.98 Å². The monoisotopic (exact) mass is 512 g/mol. The Labute approximate surface area is 211 Å². The number of nitrogens with one attached hydrogen (secondary N) is 1. The number of alkyl halides is 3. The molecule has 3 aliphatic rings. The van der Waals surface area contributed by atoms with E-state index in [0.717, 1.165) is 46.2 Å². The molecule has 0 bridgehead atoms. The number of nitrogens with zero attached hydrogens (tertiary/aromatic N) is 4. The van der Waals surface area contributed by atoms with E-state index in [0.29, 0.717) is 37.0 Å². The first-order valence-electron chi connectivity index (χ1n) is 12.4. The van der Waals surface area contributed by atoms with Crippen LogP contribution in [0.15, 0.2) is 42.6 Å². The highest BCUT2D eigenvalue weighted by atomic mass is 19.4.